The molecule has 0 N–H and O–H groups in total. The summed E-state index contributed by atoms with van der Waals surface area (Å²) in [6.07, 6.45) is 1.00. The van der Waals surface area contributed by atoms with Gasteiger partial charge in [0.2, 0.25) is 0 Å². The molecule has 0 bridgehead atoms. The Morgan fingerprint density at radius 3 is 0.847 bits per heavy atom. The average Bonchev–Trinajstić information content (AvgIpc) is 3.29. The topological polar surface area (TPSA) is 83.1 Å². The highest BCUT2D eigenvalue weighted by atomic mass is 16.5. The fourth-order valence-electron chi connectivity index (χ4n) is 9.88. The molecule has 1 atom stereocenters. The van der Waals surface area contributed by atoms with E-state index < -0.39 is 0 Å². The first kappa shape index (κ1) is 57.1. The molecule has 0 heterocycles. The van der Waals surface area contributed by atoms with E-state index in [1.165, 1.54) is 21.5 Å². The van der Waals surface area contributed by atoms with Gasteiger partial charge in [-0.15, -0.1) is 0 Å². The highest BCUT2D eigenvalue weighted by molar-refractivity contribution is 6.02. The van der Waals surface area contributed by atoms with E-state index in [-0.39, 0.29) is 19.8 Å². The van der Waals surface area contributed by atoms with Crippen LogP contribution >= 0.6 is 0 Å². The molecule has 0 spiro atoms. The number of hydrogen-bond acceptors (Lipinski definition) is 9. The average molecular weight is 1130 g/mol. The fraction of sp³-hybridized carbons (Fsp3) is 0.184. The van der Waals surface area contributed by atoms with Crippen molar-refractivity contribution in [3.05, 3.63) is 299 Å². The van der Waals surface area contributed by atoms with Crippen molar-refractivity contribution < 1.29 is 42.6 Å². The molecular formula is C76H70O9. The van der Waals surface area contributed by atoms with Crippen LogP contribution in [0.2, 0.25) is 0 Å². The van der Waals surface area contributed by atoms with Gasteiger partial charge < -0.3 is 42.6 Å². The zero-order valence-corrected chi connectivity index (χ0v) is 48.2. The molecule has 11 aromatic carbocycles. The van der Waals surface area contributed by atoms with Crippen molar-refractivity contribution >= 4 is 21.5 Å². The van der Waals surface area contributed by atoms with Crippen LogP contribution in [-0.2, 0) is 64.2 Å². The van der Waals surface area contributed by atoms with Crippen LogP contribution in [-0.4, -0.2) is 6.61 Å². The maximum atomic E-state index is 6.73. The van der Waals surface area contributed by atoms with Crippen LogP contribution in [0.3, 0.4) is 0 Å². The van der Waals surface area contributed by atoms with Crippen molar-refractivity contribution in [2.75, 3.05) is 6.61 Å². The van der Waals surface area contributed by atoms with E-state index in [4.69, 9.17) is 42.6 Å². The quantitative estimate of drug-likeness (QED) is 0.0426. The fourth-order valence-corrected chi connectivity index (χ4v) is 9.88. The number of fused-ring (bicyclic) bond motifs is 2. The maximum Gasteiger partial charge on any atom is 0.123 e. The van der Waals surface area contributed by atoms with Crippen LogP contribution in [0, 0.1) is 5.92 Å². The van der Waals surface area contributed by atoms with E-state index in [0.717, 1.165) is 62.2 Å². The molecule has 0 saturated heterocycles. The van der Waals surface area contributed by atoms with Gasteiger partial charge in [0.05, 0.1) is 19.8 Å². The molecule has 0 radical (unpaired) electrons. The molecule has 0 saturated carbocycles. The highest BCUT2D eigenvalue weighted by Gasteiger charge is 2.14. The van der Waals surface area contributed by atoms with Gasteiger partial charge in [0.1, 0.15) is 92.2 Å². The SMILES string of the molecule is CC[C@H](C)COc1cc(COCc2c3ccccc3cc3ccccc23)cc(OCc2cc(OCc3cc(OCc4ccccc4)cc(OCc4ccccc4)c3)cc(OCc3cc(OCc4ccccc4)cc(OCc4ccccc4)c3)c2)c1. The standard InChI is InChI=1S/C76H70O9/c1-3-55(2)45-78-66-32-60(46-77-54-76-74-30-18-16-28-64(74)40-65-29-17-19-31-75(65)76)33-67(41-66)83-51-63-38-72(84-52-61-34-68(79-47-56-20-8-4-9-21-56)42-69(35-61)80-48-57-22-10-5-11-23-57)44-73(39-63)85-53-62-36-70(81-49-58-24-12-6-13-25-58)43-71(37-62)82-50-59-26-14-7-15-27-59/h4-44,55H,3,45-54H2,1-2H3/t55-/m0/s1. The summed E-state index contributed by atoms with van der Waals surface area (Å²) in [5.74, 6) is 5.60. The van der Waals surface area contributed by atoms with E-state index in [0.29, 0.717) is 92.4 Å². The van der Waals surface area contributed by atoms with Gasteiger partial charge in [-0.2, -0.15) is 0 Å². The molecule has 9 heteroatoms. The Kier molecular flexibility index (Phi) is 19.5. The lowest BCUT2D eigenvalue weighted by atomic mass is 9.97. The lowest BCUT2D eigenvalue weighted by Gasteiger charge is -2.17. The Bertz CT molecular complexity index is 3560. The van der Waals surface area contributed by atoms with Gasteiger partial charge in [0.15, 0.2) is 0 Å². The van der Waals surface area contributed by atoms with Gasteiger partial charge in [-0.3, -0.25) is 0 Å². The molecule has 0 aliphatic rings. The molecule has 0 unspecified atom stereocenters. The summed E-state index contributed by atoms with van der Waals surface area (Å²) >= 11 is 0. The summed E-state index contributed by atoms with van der Waals surface area (Å²) in [5.41, 5.74) is 8.91. The molecule has 0 aliphatic heterocycles. The Morgan fingerprint density at radius 1 is 0.259 bits per heavy atom. The molecule has 9 nitrogen and oxygen atoms in total. The third-order valence-corrected chi connectivity index (χ3v) is 14.6. The largest absolute Gasteiger partial charge is 0.493 e. The van der Waals surface area contributed by atoms with E-state index in [1.54, 1.807) is 0 Å². The Balaban J connectivity index is 0.863. The summed E-state index contributed by atoms with van der Waals surface area (Å²) in [5, 5.41) is 4.74. The molecule has 11 rings (SSSR count). The normalized spacial score (nSPS) is 11.5. The van der Waals surface area contributed by atoms with Crippen molar-refractivity contribution in [2.45, 2.75) is 79.7 Å². The Labute approximate surface area is 498 Å². The zero-order valence-electron chi connectivity index (χ0n) is 48.2. The molecule has 11 aromatic rings. The van der Waals surface area contributed by atoms with Crippen LogP contribution < -0.4 is 37.9 Å². The van der Waals surface area contributed by atoms with Gasteiger partial charge in [-0.05, 0) is 132 Å². The van der Waals surface area contributed by atoms with Crippen LogP contribution in [0.15, 0.2) is 249 Å². The molecule has 0 amide bonds. The highest BCUT2D eigenvalue weighted by Crippen LogP contribution is 2.34. The first-order chi connectivity index (χ1) is 41.9. The van der Waals surface area contributed by atoms with Crippen LogP contribution in [0.4, 0.5) is 0 Å². The van der Waals surface area contributed by atoms with Gasteiger partial charge in [-0.1, -0.05) is 190 Å². The smallest absolute Gasteiger partial charge is 0.123 e. The van der Waals surface area contributed by atoms with E-state index in [2.05, 4.69) is 74.5 Å². The van der Waals surface area contributed by atoms with Gasteiger partial charge in [-0.25, -0.2) is 0 Å². The van der Waals surface area contributed by atoms with E-state index in [9.17, 15) is 0 Å². The van der Waals surface area contributed by atoms with Crippen molar-refractivity contribution in [1.29, 1.82) is 0 Å². The van der Waals surface area contributed by atoms with Crippen LogP contribution in [0.5, 0.6) is 46.0 Å². The molecule has 428 valence electrons. The summed E-state index contributed by atoms with van der Waals surface area (Å²) in [7, 11) is 0. The lowest BCUT2D eigenvalue weighted by Crippen LogP contribution is -2.08. The van der Waals surface area contributed by atoms with Crippen molar-refractivity contribution in [2.24, 2.45) is 5.92 Å². The number of rotatable bonds is 29. The van der Waals surface area contributed by atoms with Crippen molar-refractivity contribution in [3.8, 4) is 46.0 Å². The molecule has 85 heavy (non-hydrogen) atoms. The third-order valence-electron chi connectivity index (χ3n) is 14.6. The Hall–Kier alpha value is -9.70. The first-order valence-electron chi connectivity index (χ1n) is 29.1. The zero-order chi connectivity index (χ0) is 57.8. The second-order valence-corrected chi connectivity index (χ2v) is 21.3. The van der Waals surface area contributed by atoms with Crippen LogP contribution in [0.1, 0.15) is 70.3 Å². The molecule has 0 fully saturated rings. The van der Waals surface area contributed by atoms with Gasteiger partial charge in [0.25, 0.3) is 0 Å². The number of benzene rings is 11. The Morgan fingerprint density at radius 2 is 0.529 bits per heavy atom. The van der Waals surface area contributed by atoms with Crippen molar-refractivity contribution in [3.63, 3.8) is 0 Å². The predicted molar refractivity (Wildman–Crippen MR) is 337 cm³/mol. The van der Waals surface area contributed by atoms with Crippen molar-refractivity contribution in [1.82, 2.24) is 0 Å². The minimum Gasteiger partial charge on any atom is -0.493 e. The predicted octanol–water partition coefficient (Wildman–Crippen LogP) is 18.2. The summed E-state index contributed by atoms with van der Waals surface area (Å²) in [4.78, 5) is 0. The summed E-state index contributed by atoms with van der Waals surface area (Å²) in [6.45, 7) is 7.96. The minimum atomic E-state index is 0.200. The van der Waals surface area contributed by atoms with E-state index >= 15 is 0 Å². The second-order valence-electron chi connectivity index (χ2n) is 21.3. The summed E-state index contributed by atoms with van der Waals surface area (Å²) in [6, 6.07) is 83.5. The summed E-state index contributed by atoms with van der Waals surface area (Å²) < 4.78 is 58.7. The molecule has 0 aliphatic carbocycles. The van der Waals surface area contributed by atoms with Gasteiger partial charge >= 0.3 is 0 Å². The second kappa shape index (κ2) is 29.0. The lowest BCUT2D eigenvalue weighted by molar-refractivity contribution is 0.108. The minimum absolute atomic E-state index is 0.200. The van der Waals surface area contributed by atoms with E-state index in [1.807, 2.05) is 188 Å². The molecule has 0 aromatic heterocycles. The van der Waals surface area contributed by atoms with Crippen LogP contribution in [0.25, 0.3) is 21.5 Å². The number of ether oxygens (including phenoxy) is 9. The monoisotopic (exact) mass is 1130 g/mol. The maximum absolute atomic E-state index is 6.73. The third kappa shape index (κ3) is 16.7. The molecular weight excluding hydrogens is 1060 g/mol. The van der Waals surface area contributed by atoms with Gasteiger partial charge in [0, 0.05) is 24.3 Å². The number of hydrogen-bond donors (Lipinski definition) is 0. The first-order valence-corrected chi connectivity index (χ1v) is 29.1.